The van der Waals surface area contributed by atoms with Crippen molar-refractivity contribution in [3.05, 3.63) is 58.4 Å². The summed E-state index contributed by atoms with van der Waals surface area (Å²) in [6.07, 6.45) is -1.26. The van der Waals surface area contributed by atoms with Gasteiger partial charge in [0, 0.05) is 12.1 Å². The molecule has 1 aliphatic rings. The summed E-state index contributed by atoms with van der Waals surface area (Å²) in [6, 6.07) is 7.47. The quantitative estimate of drug-likeness (QED) is 0.422. The Kier molecular flexibility index (Phi) is 5.18. The lowest BCUT2D eigenvalue weighted by Crippen LogP contribution is -2.47. The van der Waals surface area contributed by atoms with Crippen molar-refractivity contribution >= 4 is 27.4 Å². The third-order valence-electron chi connectivity index (χ3n) is 3.97. The minimum atomic E-state index is -4.26. The standard InChI is InChI=1S/C17H15FN2O7S/c1-2-26-17(21)16-10-19(28(24,25)13-6-3-11(18)4-7-13)14-9-12(20(22)23)5-8-15(14)27-16/h3-9,16H,2,10H2,1H3. The van der Waals surface area contributed by atoms with Gasteiger partial charge in [-0.3, -0.25) is 14.4 Å². The third-order valence-corrected chi connectivity index (χ3v) is 5.77. The van der Waals surface area contributed by atoms with Gasteiger partial charge in [0.15, 0.2) is 0 Å². The molecule has 2 aromatic carbocycles. The van der Waals surface area contributed by atoms with E-state index in [1.54, 1.807) is 6.92 Å². The van der Waals surface area contributed by atoms with E-state index in [2.05, 4.69) is 0 Å². The van der Waals surface area contributed by atoms with Crippen LogP contribution in [0.4, 0.5) is 15.8 Å². The molecule has 1 heterocycles. The lowest BCUT2D eigenvalue weighted by molar-refractivity contribution is -0.384. The number of halogens is 1. The third kappa shape index (κ3) is 3.60. The summed E-state index contributed by atoms with van der Waals surface area (Å²) in [4.78, 5) is 22.3. The van der Waals surface area contributed by atoms with Crippen molar-refractivity contribution in [2.75, 3.05) is 17.5 Å². The maximum Gasteiger partial charge on any atom is 0.349 e. The number of ether oxygens (including phenoxy) is 2. The van der Waals surface area contributed by atoms with Crippen molar-refractivity contribution in [3.8, 4) is 5.75 Å². The monoisotopic (exact) mass is 410 g/mol. The minimum absolute atomic E-state index is 0.0272. The summed E-state index contributed by atoms with van der Waals surface area (Å²) in [5.41, 5.74) is -0.449. The van der Waals surface area contributed by atoms with Crippen LogP contribution in [0, 0.1) is 15.9 Å². The fourth-order valence-corrected chi connectivity index (χ4v) is 4.14. The number of rotatable bonds is 5. The number of fused-ring (bicyclic) bond motifs is 1. The van der Waals surface area contributed by atoms with Crippen LogP contribution in [-0.2, 0) is 19.6 Å². The molecule has 0 radical (unpaired) electrons. The number of esters is 1. The minimum Gasteiger partial charge on any atom is -0.475 e. The number of carbonyl (C=O) groups is 1. The molecule has 0 fully saturated rings. The molecule has 1 atom stereocenters. The first kappa shape index (κ1) is 19.5. The molecule has 3 rings (SSSR count). The molecular formula is C17H15FN2O7S. The van der Waals surface area contributed by atoms with E-state index in [0.29, 0.717) is 0 Å². The Hall–Kier alpha value is -3.21. The van der Waals surface area contributed by atoms with E-state index in [9.17, 15) is 27.7 Å². The Balaban J connectivity index is 2.11. The fraction of sp³-hybridized carbons (Fsp3) is 0.235. The number of carbonyl (C=O) groups excluding carboxylic acids is 1. The highest BCUT2D eigenvalue weighted by Gasteiger charge is 2.39. The molecule has 0 spiro atoms. The molecule has 28 heavy (non-hydrogen) atoms. The van der Waals surface area contributed by atoms with Gasteiger partial charge < -0.3 is 9.47 Å². The van der Waals surface area contributed by atoms with Crippen molar-refractivity contribution in [3.63, 3.8) is 0 Å². The first-order valence-corrected chi connectivity index (χ1v) is 9.58. The van der Waals surface area contributed by atoms with E-state index >= 15 is 0 Å². The van der Waals surface area contributed by atoms with Crippen molar-refractivity contribution in [1.29, 1.82) is 0 Å². The van der Waals surface area contributed by atoms with E-state index in [1.165, 1.54) is 6.07 Å². The van der Waals surface area contributed by atoms with E-state index in [0.717, 1.165) is 40.7 Å². The van der Waals surface area contributed by atoms with Gasteiger partial charge in [-0.15, -0.1) is 0 Å². The van der Waals surface area contributed by atoms with Gasteiger partial charge >= 0.3 is 5.97 Å². The van der Waals surface area contributed by atoms with Crippen LogP contribution in [0.3, 0.4) is 0 Å². The van der Waals surface area contributed by atoms with Crippen LogP contribution in [0.1, 0.15) is 6.92 Å². The lowest BCUT2D eigenvalue weighted by atomic mass is 10.2. The number of nitrogens with zero attached hydrogens (tertiary/aromatic N) is 2. The molecule has 0 saturated heterocycles. The zero-order chi connectivity index (χ0) is 20.5. The maximum absolute atomic E-state index is 13.2. The summed E-state index contributed by atoms with van der Waals surface area (Å²) in [5, 5.41) is 11.1. The smallest absolute Gasteiger partial charge is 0.349 e. The second-order valence-corrected chi connectivity index (χ2v) is 7.62. The van der Waals surface area contributed by atoms with Crippen molar-refractivity contribution < 1.29 is 32.0 Å². The molecule has 0 saturated carbocycles. The van der Waals surface area contributed by atoms with Crippen LogP contribution >= 0.6 is 0 Å². The van der Waals surface area contributed by atoms with Gasteiger partial charge in [-0.05, 0) is 37.3 Å². The molecule has 0 amide bonds. The molecule has 1 unspecified atom stereocenters. The van der Waals surface area contributed by atoms with Crippen LogP contribution in [0.15, 0.2) is 47.4 Å². The second kappa shape index (κ2) is 7.43. The molecule has 2 aromatic rings. The van der Waals surface area contributed by atoms with Crippen LogP contribution in [0.5, 0.6) is 5.75 Å². The van der Waals surface area contributed by atoms with E-state index in [-0.39, 0.29) is 28.6 Å². The first-order valence-electron chi connectivity index (χ1n) is 8.14. The number of nitro benzene ring substituents is 1. The SMILES string of the molecule is CCOC(=O)C1CN(S(=O)(=O)c2ccc(F)cc2)c2cc([N+](=O)[O-])ccc2O1. The Labute approximate surface area is 159 Å². The van der Waals surface area contributed by atoms with E-state index < -0.39 is 39.4 Å². The molecule has 0 aromatic heterocycles. The normalized spacial score (nSPS) is 16.1. The maximum atomic E-state index is 13.2. The molecule has 9 nitrogen and oxygen atoms in total. The summed E-state index contributed by atoms with van der Waals surface area (Å²) in [5.74, 6) is -1.42. The number of non-ortho nitro benzene ring substituents is 1. The van der Waals surface area contributed by atoms with Crippen LogP contribution in [0.2, 0.25) is 0 Å². The molecule has 0 aliphatic carbocycles. The molecular weight excluding hydrogens is 395 g/mol. The van der Waals surface area contributed by atoms with Gasteiger partial charge in [-0.1, -0.05) is 0 Å². The second-order valence-electron chi connectivity index (χ2n) is 5.76. The number of hydrogen-bond acceptors (Lipinski definition) is 7. The highest BCUT2D eigenvalue weighted by Crippen LogP contribution is 2.39. The van der Waals surface area contributed by atoms with Crippen molar-refractivity contribution in [2.24, 2.45) is 0 Å². The van der Waals surface area contributed by atoms with Crippen LogP contribution < -0.4 is 9.04 Å². The van der Waals surface area contributed by atoms with Gasteiger partial charge in [0.1, 0.15) is 17.3 Å². The van der Waals surface area contributed by atoms with E-state index in [1.807, 2.05) is 0 Å². The van der Waals surface area contributed by atoms with Gasteiger partial charge in [0.25, 0.3) is 15.7 Å². The Morgan fingerprint density at radius 3 is 2.61 bits per heavy atom. The van der Waals surface area contributed by atoms with Gasteiger partial charge in [-0.25, -0.2) is 17.6 Å². The zero-order valence-corrected chi connectivity index (χ0v) is 15.4. The Morgan fingerprint density at radius 1 is 1.32 bits per heavy atom. The zero-order valence-electron chi connectivity index (χ0n) is 14.6. The summed E-state index contributed by atoms with van der Waals surface area (Å²) in [7, 11) is -4.26. The number of sulfonamides is 1. The van der Waals surface area contributed by atoms with Gasteiger partial charge in [-0.2, -0.15) is 0 Å². The number of hydrogen-bond donors (Lipinski definition) is 0. The topological polar surface area (TPSA) is 116 Å². The van der Waals surface area contributed by atoms with Crippen molar-refractivity contribution in [2.45, 2.75) is 17.9 Å². The van der Waals surface area contributed by atoms with Crippen LogP contribution in [-0.4, -0.2) is 38.6 Å². The highest BCUT2D eigenvalue weighted by molar-refractivity contribution is 7.92. The number of nitro groups is 1. The fourth-order valence-electron chi connectivity index (χ4n) is 2.67. The molecule has 1 aliphatic heterocycles. The summed E-state index contributed by atoms with van der Waals surface area (Å²) < 4.78 is 50.6. The molecule has 148 valence electrons. The summed E-state index contributed by atoms with van der Waals surface area (Å²) in [6.45, 7) is 1.20. The van der Waals surface area contributed by atoms with Crippen molar-refractivity contribution in [1.82, 2.24) is 0 Å². The average Bonchev–Trinajstić information content (AvgIpc) is 2.67. The number of benzene rings is 2. The Bertz CT molecular complexity index is 1020. The predicted molar refractivity (Wildman–Crippen MR) is 95.1 cm³/mol. The molecule has 0 bridgehead atoms. The number of anilines is 1. The predicted octanol–water partition coefficient (Wildman–Crippen LogP) is 2.25. The average molecular weight is 410 g/mol. The largest absolute Gasteiger partial charge is 0.475 e. The van der Waals surface area contributed by atoms with Crippen LogP contribution in [0.25, 0.3) is 0 Å². The first-order chi connectivity index (χ1) is 13.2. The Morgan fingerprint density at radius 2 is 2.00 bits per heavy atom. The van der Waals surface area contributed by atoms with Gasteiger partial charge in [0.2, 0.25) is 6.10 Å². The lowest BCUT2D eigenvalue weighted by Gasteiger charge is -2.34. The van der Waals surface area contributed by atoms with E-state index in [4.69, 9.17) is 9.47 Å². The molecule has 0 N–H and O–H groups in total. The molecule has 11 heteroatoms. The summed E-state index contributed by atoms with van der Waals surface area (Å²) >= 11 is 0. The van der Waals surface area contributed by atoms with Gasteiger partial charge in [0.05, 0.1) is 23.0 Å². The highest BCUT2D eigenvalue weighted by atomic mass is 32.2.